The minimum atomic E-state index is 0.323. The normalized spacial score (nSPS) is 31.7. The van der Waals surface area contributed by atoms with Crippen LogP contribution in [0.15, 0.2) is 24.3 Å². The van der Waals surface area contributed by atoms with Gasteiger partial charge in [0.1, 0.15) is 6.29 Å². The smallest absolute Gasteiger partial charge is 0.123 e. The second-order valence-corrected chi connectivity index (χ2v) is 8.15. The summed E-state index contributed by atoms with van der Waals surface area (Å²) >= 11 is 0. The number of hydrogen-bond donors (Lipinski definition) is 0. The summed E-state index contributed by atoms with van der Waals surface area (Å²) in [4.78, 5) is 10.9. The Morgan fingerprint density at radius 1 is 0.913 bits per heavy atom. The predicted octanol–water partition coefficient (Wildman–Crippen LogP) is 5.92. The SMILES string of the molecule is CC1CCC(CCc2ccc(C3CCC(C=O)CC3)cc2)CC1. The van der Waals surface area contributed by atoms with Crippen molar-refractivity contribution in [2.24, 2.45) is 17.8 Å². The fourth-order valence-corrected chi connectivity index (χ4v) is 4.53. The maximum Gasteiger partial charge on any atom is 0.123 e. The zero-order chi connectivity index (χ0) is 16.1. The molecule has 1 aromatic rings. The van der Waals surface area contributed by atoms with Crippen LogP contribution in [0.1, 0.15) is 81.8 Å². The van der Waals surface area contributed by atoms with Gasteiger partial charge < -0.3 is 4.79 Å². The Bertz CT molecular complexity index is 473. The molecular formula is C22H32O. The maximum absolute atomic E-state index is 10.9. The minimum absolute atomic E-state index is 0.323. The highest BCUT2D eigenvalue weighted by molar-refractivity contribution is 5.53. The molecule has 3 rings (SSSR count). The Morgan fingerprint density at radius 2 is 1.57 bits per heavy atom. The number of aldehydes is 1. The van der Waals surface area contributed by atoms with E-state index >= 15 is 0 Å². The summed E-state index contributed by atoms with van der Waals surface area (Å²) in [5.41, 5.74) is 3.00. The average Bonchev–Trinajstić information content (AvgIpc) is 2.62. The Hall–Kier alpha value is -1.11. The van der Waals surface area contributed by atoms with Gasteiger partial charge in [-0.2, -0.15) is 0 Å². The Labute approximate surface area is 141 Å². The highest BCUT2D eigenvalue weighted by Gasteiger charge is 2.22. The second-order valence-electron chi connectivity index (χ2n) is 8.15. The minimum Gasteiger partial charge on any atom is -0.303 e. The van der Waals surface area contributed by atoms with E-state index in [1.807, 2.05) is 0 Å². The van der Waals surface area contributed by atoms with Crippen LogP contribution in [0.4, 0.5) is 0 Å². The molecule has 2 saturated carbocycles. The first-order valence-electron chi connectivity index (χ1n) is 9.78. The number of carbonyl (C=O) groups excluding carboxylic acids is 1. The summed E-state index contributed by atoms with van der Waals surface area (Å²) in [7, 11) is 0. The van der Waals surface area contributed by atoms with Gasteiger partial charge in [0.2, 0.25) is 0 Å². The molecule has 2 fully saturated rings. The van der Waals surface area contributed by atoms with Gasteiger partial charge >= 0.3 is 0 Å². The van der Waals surface area contributed by atoms with Crippen molar-refractivity contribution in [2.45, 2.75) is 77.0 Å². The molecule has 0 unspecified atom stereocenters. The van der Waals surface area contributed by atoms with Gasteiger partial charge in [0.15, 0.2) is 0 Å². The summed E-state index contributed by atoms with van der Waals surface area (Å²) in [6.07, 6.45) is 14.1. The van der Waals surface area contributed by atoms with Crippen LogP contribution in [0.5, 0.6) is 0 Å². The molecule has 1 heteroatoms. The third-order valence-electron chi connectivity index (χ3n) is 6.39. The average molecular weight is 312 g/mol. The van der Waals surface area contributed by atoms with E-state index in [1.165, 1.54) is 62.5 Å². The van der Waals surface area contributed by atoms with E-state index in [0.29, 0.717) is 11.8 Å². The summed E-state index contributed by atoms with van der Waals surface area (Å²) in [5.74, 6) is 2.92. The third-order valence-corrected chi connectivity index (χ3v) is 6.39. The van der Waals surface area contributed by atoms with E-state index in [0.717, 1.165) is 31.0 Å². The van der Waals surface area contributed by atoms with Crippen molar-refractivity contribution < 1.29 is 4.79 Å². The van der Waals surface area contributed by atoms with Gasteiger partial charge in [-0.1, -0.05) is 56.9 Å². The van der Waals surface area contributed by atoms with Crippen molar-refractivity contribution in [1.82, 2.24) is 0 Å². The van der Waals surface area contributed by atoms with Gasteiger partial charge in [0.05, 0.1) is 0 Å². The van der Waals surface area contributed by atoms with Crippen molar-refractivity contribution in [2.75, 3.05) is 0 Å². The molecule has 126 valence electrons. The van der Waals surface area contributed by atoms with Gasteiger partial charge in [-0.15, -0.1) is 0 Å². The lowest BCUT2D eigenvalue weighted by Crippen LogP contribution is -2.14. The fourth-order valence-electron chi connectivity index (χ4n) is 4.53. The molecule has 0 atom stereocenters. The van der Waals surface area contributed by atoms with Crippen LogP contribution >= 0.6 is 0 Å². The second kappa shape index (κ2) is 8.13. The fraction of sp³-hybridized carbons (Fsp3) is 0.682. The lowest BCUT2D eigenvalue weighted by molar-refractivity contribution is -0.111. The van der Waals surface area contributed by atoms with Crippen LogP contribution in [-0.4, -0.2) is 6.29 Å². The zero-order valence-electron chi connectivity index (χ0n) is 14.7. The molecule has 2 aliphatic carbocycles. The van der Waals surface area contributed by atoms with Crippen LogP contribution < -0.4 is 0 Å². The van der Waals surface area contributed by atoms with Gasteiger partial charge in [0, 0.05) is 5.92 Å². The first-order chi connectivity index (χ1) is 11.2. The van der Waals surface area contributed by atoms with Gasteiger partial charge in [-0.25, -0.2) is 0 Å². The molecule has 0 amide bonds. The van der Waals surface area contributed by atoms with E-state index in [9.17, 15) is 4.79 Å². The molecule has 0 spiro atoms. The van der Waals surface area contributed by atoms with Crippen LogP contribution in [0, 0.1) is 17.8 Å². The molecule has 1 nitrogen and oxygen atoms in total. The van der Waals surface area contributed by atoms with E-state index in [4.69, 9.17) is 0 Å². The number of carbonyl (C=O) groups is 1. The van der Waals surface area contributed by atoms with Crippen LogP contribution in [0.25, 0.3) is 0 Å². The molecule has 0 radical (unpaired) electrons. The van der Waals surface area contributed by atoms with E-state index in [-0.39, 0.29) is 0 Å². The lowest BCUT2D eigenvalue weighted by Gasteiger charge is -2.26. The number of hydrogen-bond acceptors (Lipinski definition) is 1. The van der Waals surface area contributed by atoms with Crippen LogP contribution in [0.3, 0.4) is 0 Å². The molecule has 0 bridgehead atoms. The van der Waals surface area contributed by atoms with Crippen molar-refractivity contribution in [3.8, 4) is 0 Å². The first-order valence-corrected chi connectivity index (χ1v) is 9.78. The Kier molecular flexibility index (Phi) is 5.91. The van der Waals surface area contributed by atoms with Crippen molar-refractivity contribution in [1.29, 1.82) is 0 Å². The quantitative estimate of drug-likeness (QED) is 0.617. The van der Waals surface area contributed by atoms with Crippen LogP contribution in [-0.2, 0) is 11.2 Å². The predicted molar refractivity (Wildman–Crippen MR) is 96.6 cm³/mol. The molecule has 0 N–H and O–H groups in total. The molecule has 0 saturated heterocycles. The summed E-state index contributed by atoms with van der Waals surface area (Å²) in [5, 5.41) is 0. The summed E-state index contributed by atoms with van der Waals surface area (Å²) in [6.45, 7) is 2.40. The molecule has 1 aromatic carbocycles. The monoisotopic (exact) mass is 312 g/mol. The van der Waals surface area contributed by atoms with Crippen LogP contribution in [0.2, 0.25) is 0 Å². The molecule has 0 aliphatic heterocycles. The number of rotatable bonds is 5. The lowest BCUT2D eigenvalue weighted by atomic mass is 9.78. The first kappa shape index (κ1) is 16.7. The van der Waals surface area contributed by atoms with Crippen molar-refractivity contribution in [3.63, 3.8) is 0 Å². The third kappa shape index (κ3) is 4.68. The topological polar surface area (TPSA) is 17.1 Å². The highest BCUT2D eigenvalue weighted by Crippen LogP contribution is 2.35. The molecule has 0 aromatic heterocycles. The Balaban J connectivity index is 1.46. The molecule has 0 heterocycles. The van der Waals surface area contributed by atoms with Gasteiger partial charge in [-0.3, -0.25) is 0 Å². The van der Waals surface area contributed by atoms with Crippen molar-refractivity contribution in [3.05, 3.63) is 35.4 Å². The van der Waals surface area contributed by atoms with Gasteiger partial charge in [0.25, 0.3) is 0 Å². The largest absolute Gasteiger partial charge is 0.303 e. The maximum atomic E-state index is 10.9. The number of benzene rings is 1. The van der Waals surface area contributed by atoms with E-state index < -0.39 is 0 Å². The van der Waals surface area contributed by atoms with E-state index in [2.05, 4.69) is 31.2 Å². The standard InChI is InChI=1S/C22H32O/c1-17-2-4-18(5-3-17)6-7-19-8-12-21(13-9-19)22-14-10-20(16-23)11-15-22/h8-9,12-13,16-18,20,22H,2-7,10-11,14-15H2,1H3. The summed E-state index contributed by atoms with van der Waals surface area (Å²) < 4.78 is 0. The molecular weight excluding hydrogens is 280 g/mol. The Morgan fingerprint density at radius 3 is 2.17 bits per heavy atom. The van der Waals surface area contributed by atoms with Crippen molar-refractivity contribution >= 4 is 6.29 Å². The molecule has 2 aliphatic rings. The molecule has 23 heavy (non-hydrogen) atoms. The summed E-state index contributed by atoms with van der Waals surface area (Å²) in [6, 6.07) is 9.41. The van der Waals surface area contributed by atoms with E-state index in [1.54, 1.807) is 0 Å². The number of aryl methyl sites for hydroxylation is 1. The highest BCUT2D eigenvalue weighted by atomic mass is 16.1. The van der Waals surface area contributed by atoms with Gasteiger partial charge in [-0.05, 0) is 67.4 Å². The zero-order valence-corrected chi connectivity index (χ0v) is 14.7.